The van der Waals surface area contributed by atoms with E-state index in [1.807, 2.05) is 13.1 Å². The van der Waals surface area contributed by atoms with Gasteiger partial charge < -0.3 is 25.2 Å². The lowest BCUT2D eigenvalue weighted by atomic mass is 9.96. The highest BCUT2D eigenvalue weighted by Crippen LogP contribution is 2.41. The normalized spacial score (nSPS) is 15.6. The van der Waals surface area contributed by atoms with Crippen molar-refractivity contribution in [3.05, 3.63) is 83.2 Å². The summed E-state index contributed by atoms with van der Waals surface area (Å²) in [7, 11) is 3.53. The van der Waals surface area contributed by atoms with E-state index in [-0.39, 0.29) is 28.5 Å². The van der Waals surface area contributed by atoms with Crippen molar-refractivity contribution < 1.29 is 28.2 Å². The van der Waals surface area contributed by atoms with Gasteiger partial charge in [-0.1, -0.05) is 17.7 Å². The van der Waals surface area contributed by atoms with Crippen molar-refractivity contribution in [3.63, 3.8) is 0 Å². The van der Waals surface area contributed by atoms with Crippen LogP contribution in [0.2, 0.25) is 5.02 Å². The molecule has 12 heteroatoms. The summed E-state index contributed by atoms with van der Waals surface area (Å²) < 4.78 is 38.8. The molecule has 5 rings (SSSR count). The van der Waals surface area contributed by atoms with E-state index < -0.39 is 17.2 Å². The Morgan fingerprint density at radius 1 is 1.11 bits per heavy atom. The lowest BCUT2D eigenvalue weighted by molar-refractivity contribution is -0.112. The Balaban J connectivity index is 1.48. The van der Waals surface area contributed by atoms with Crippen LogP contribution in [0, 0.1) is 11.6 Å². The van der Waals surface area contributed by atoms with Gasteiger partial charge in [-0.3, -0.25) is 9.69 Å². The lowest BCUT2D eigenvalue weighted by Gasteiger charge is -2.24. The number of nitrogens with zero attached hydrogens (tertiary/aromatic N) is 3. The molecule has 2 heterocycles. The van der Waals surface area contributed by atoms with Crippen LogP contribution < -0.4 is 20.1 Å². The second kappa shape index (κ2) is 12.7. The van der Waals surface area contributed by atoms with E-state index >= 15 is 0 Å². The van der Waals surface area contributed by atoms with Gasteiger partial charge in [-0.2, -0.15) is 0 Å². The van der Waals surface area contributed by atoms with Crippen LogP contribution >= 0.6 is 11.6 Å². The molecular formula is C32H32ClF2N5O4. The first kappa shape index (κ1) is 31.1. The fraction of sp³-hybridized carbons (Fsp3) is 0.281. The molecule has 0 aliphatic carbocycles. The zero-order chi connectivity index (χ0) is 31.6. The minimum absolute atomic E-state index is 0.0546. The van der Waals surface area contributed by atoms with E-state index in [2.05, 4.69) is 25.5 Å². The van der Waals surface area contributed by atoms with Crippen molar-refractivity contribution in [2.75, 3.05) is 31.3 Å². The molecule has 0 radical (unpaired) electrons. The zero-order valence-corrected chi connectivity index (χ0v) is 25.4. The molecule has 3 aromatic carbocycles. The van der Waals surface area contributed by atoms with Crippen LogP contribution in [0.4, 0.5) is 26.0 Å². The van der Waals surface area contributed by atoms with Gasteiger partial charge in [-0.05, 0) is 70.6 Å². The Morgan fingerprint density at radius 2 is 1.91 bits per heavy atom. The van der Waals surface area contributed by atoms with E-state index in [0.29, 0.717) is 45.5 Å². The van der Waals surface area contributed by atoms with Gasteiger partial charge in [0.2, 0.25) is 5.91 Å². The number of carbonyl (C=O) groups is 1. The van der Waals surface area contributed by atoms with E-state index in [1.54, 1.807) is 26.0 Å². The summed E-state index contributed by atoms with van der Waals surface area (Å²) in [4.78, 5) is 23.8. The number of anilines is 3. The van der Waals surface area contributed by atoms with Crippen LogP contribution in [0.25, 0.3) is 10.9 Å². The van der Waals surface area contributed by atoms with Gasteiger partial charge in [0.25, 0.3) is 0 Å². The third-order valence-corrected chi connectivity index (χ3v) is 7.65. The molecule has 1 atom stereocenters. The molecule has 4 aromatic rings. The monoisotopic (exact) mass is 623 g/mol. The number of benzene rings is 3. The van der Waals surface area contributed by atoms with Gasteiger partial charge in [0.1, 0.15) is 29.5 Å². The molecule has 1 saturated heterocycles. The first-order valence-corrected chi connectivity index (χ1v) is 14.3. The third-order valence-electron chi connectivity index (χ3n) is 7.36. The van der Waals surface area contributed by atoms with Crippen molar-refractivity contribution >= 4 is 45.6 Å². The van der Waals surface area contributed by atoms with Crippen LogP contribution in [0.3, 0.4) is 0 Å². The van der Waals surface area contributed by atoms with Crippen LogP contribution in [0.15, 0.2) is 60.9 Å². The fourth-order valence-corrected chi connectivity index (χ4v) is 5.25. The maximum absolute atomic E-state index is 14.3. The molecule has 1 aliphatic heterocycles. The zero-order valence-electron chi connectivity index (χ0n) is 24.6. The van der Waals surface area contributed by atoms with E-state index in [0.717, 1.165) is 31.5 Å². The highest BCUT2D eigenvalue weighted by Gasteiger charge is 2.25. The summed E-state index contributed by atoms with van der Waals surface area (Å²) in [5, 5.41) is 17.8. The Hall–Kier alpha value is -4.32. The first-order valence-electron chi connectivity index (χ1n) is 13.9. The predicted octanol–water partition coefficient (Wildman–Crippen LogP) is 6.92. The van der Waals surface area contributed by atoms with E-state index in [1.165, 1.54) is 31.6 Å². The summed E-state index contributed by atoms with van der Waals surface area (Å²) in [5.74, 6) is -1.36. The summed E-state index contributed by atoms with van der Waals surface area (Å²) in [6, 6.07) is 9.50. The van der Waals surface area contributed by atoms with Gasteiger partial charge in [-0.25, -0.2) is 18.7 Å². The number of fused-ring (bicyclic) bond motifs is 1. The minimum Gasteiger partial charge on any atom is -0.494 e. The molecule has 0 saturated carbocycles. The molecule has 1 aliphatic rings. The third kappa shape index (κ3) is 6.91. The molecule has 44 heavy (non-hydrogen) atoms. The summed E-state index contributed by atoms with van der Waals surface area (Å²) >= 11 is 6.53. The molecule has 1 fully saturated rings. The van der Waals surface area contributed by atoms with Gasteiger partial charge in [0.15, 0.2) is 11.6 Å². The van der Waals surface area contributed by atoms with Crippen LogP contribution in [0.1, 0.15) is 32.3 Å². The summed E-state index contributed by atoms with van der Waals surface area (Å²) in [6.07, 6.45) is 6.87. The van der Waals surface area contributed by atoms with Crippen LogP contribution in [-0.2, 0) is 10.4 Å². The van der Waals surface area contributed by atoms with Crippen molar-refractivity contribution in [2.45, 2.75) is 38.3 Å². The second-order valence-electron chi connectivity index (χ2n) is 11.0. The topological polar surface area (TPSA) is 109 Å². The quantitative estimate of drug-likeness (QED) is 0.172. The Kier molecular flexibility index (Phi) is 9.00. The number of hydrogen-bond donors (Lipinski definition) is 3. The number of carbonyl (C=O) groups excluding carboxylic acids is 1. The first-order chi connectivity index (χ1) is 20.9. The lowest BCUT2D eigenvalue weighted by Crippen LogP contribution is -2.23. The molecule has 1 amide bonds. The number of methoxy groups -OCH3 is 1. The molecule has 3 N–H and O–H groups in total. The number of hydrogen-bond acceptors (Lipinski definition) is 8. The highest BCUT2D eigenvalue weighted by molar-refractivity contribution is 6.32. The Labute approximate surface area is 258 Å². The standard InChI is InChI=1S/C32H32ClF2N5O4/c1-32(2,42)21-14-28(44-27-9-7-18(34)12-23(27)35)22(33)15-25(21)39-31-20-13-26(29(43-4)16-24(20)36-17-37-31)38-30(41)10-8-19-6-5-11-40(19)3/h7-10,12-17,19,42H,5-6,11H2,1-4H3,(H,38,41)(H,36,37,39). The number of likely N-dealkylation sites (tertiary alicyclic amines) is 1. The number of amides is 1. The number of nitrogens with one attached hydrogen (secondary N) is 2. The number of halogens is 3. The van der Waals surface area contributed by atoms with Gasteiger partial charge >= 0.3 is 0 Å². The maximum atomic E-state index is 14.3. The molecular weight excluding hydrogens is 592 g/mol. The number of likely N-dealkylation sites (N-methyl/N-ethyl adjacent to an activating group) is 1. The van der Waals surface area contributed by atoms with E-state index in [4.69, 9.17) is 21.1 Å². The highest BCUT2D eigenvalue weighted by atomic mass is 35.5. The fourth-order valence-electron chi connectivity index (χ4n) is 5.05. The molecule has 0 spiro atoms. The minimum atomic E-state index is -1.41. The average Bonchev–Trinajstić information content (AvgIpc) is 3.38. The van der Waals surface area contributed by atoms with Crippen LogP contribution in [0.5, 0.6) is 17.2 Å². The van der Waals surface area contributed by atoms with Crippen LogP contribution in [-0.4, -0.2) is 52.6 Å². The Bertz CT molecular complexity index is 1740. The van der Waals surface area contributed by atoms with Gasteiger partial charge in [-0.15, -0.1) is 0 Å². The van der Waals surface area contributed by atoms with Crippen molar-refractivity contribution in [2.24, 2.45) is 0 Å². The van der Waals surface area contributed by atoms with Crippen molar-refractivity contribution in [1.82, 2.24) is 14.9 Å². The number of aromatic nitrogens is 2. The number of rotatable bonds is 9. The van der Waals surface area contributed by atoms with Crippen molar-refractivity contribution in [3.8, 4) is 17.2 Å². The SMILES string of the molecule is COc1cc2ncnc(Nc3cc(Cl)c(Oc4ccc(F)cc4F)cc3C(C)(C)O)c2cc1NC(=O)C=CC1CCCN1C. The van der Waals surface area contributed by atoms with E-state index in [9.17, 15) is 18.7 Å². The second-order valence-corrected chi connectivity index (χ2v) is 11.4. The summed E-state index contributed by atoms with van der Waals surface area (Å²) in [6.45, 7) is 4.13. The average molecular weight is 624 g/mol. The number of ether oxygens (including phenoxy) is 2. The van der Waals surface area contributed by atoms with Crippen molar-refractivity contribution in [1.29, 1.82) is 0 Å². The van der Waals surface area contributed by atoms with Gasteiger partial charge in [0, 0.05) is 40.9 Å². The predicted molar refractivity (Wildman–Crippen MR) is 166 cm³/mol. The molecule has 1 aromatic heterocycles. The molecule has 1 unspecified atom stereocenters. The molecule has 230 valence electrons. The largest absolute Gasteiger partial charge is 0.494 e. The maximum Gasteiger partial charge on any atom is 0.248 e. The summed E-state index contributed by atoms with van der Waals surface area (Å²) in [5.41, 5.74) is 0.285. The number of aliphatic hydroxyl groups is 1. The molecule has 9 nitrogen and oxygen atoms in total. The molecule has 0 bridgehead atoms. The smallest absolute Gasteiger partial charge is 0.248 e. The van der Waals surface area contributed by atoms with Gasteiger partial charge in [0.05, 0.1) is 28.9 Å². The Morgan fingerprint density at radius 3 is 2.59 bits per heavy atom.